The van der Waals surface area contributed by atoms with E-state index in [-0.39, 0.29) is 11.1 Å². The maximum absolute atomic E-state index is 14.9. The molecule has 47 heavy (non-hydrogen) atoms. The van der Waals surface area contributed by atoms with Crippen LogP contribution in [0.2, 0.25) is 0 Å². The first-order chi connectivity index (χ1) is 22.7. The summed E-state index contributed by atoms with van der Waals surface area (Å²) in [5.41, 5.74) is 7.59. The fourth-order valence-electron chi connectivity index (χ4n) is 6.98. The molecule has 2 aliphatic rings. The molecule has 10 heteroatoms. The third kappa shape index (κ3) is 5.59. The molecule has 2 aliphatic heterocycles. The van der Waals surface area contributed by atoms with Gasteiger partial charge in [0.05, 0.1) is 18.4 Å². The monoisotopic (exact) mass is 633 g/mol. The minimum Gasteiger partial charge on any atom is -0.497 e. The molecule has 0 saturated heterocycles. The number of halogens is 1. The number of aromatic nitrogens is 3. The lowest BCUT2D eigenvalue weighted by atomic mass is 9.93. The number of hydrogen-bond donors (Lipinski definition) is 1. The average Bonchev–Trinajstić information content (AvgIpc) is 3.62. The number of methoxy groups -OCH3 is 1. The van der Waals surface area contributed by atoms with Crippen LogP contribution in [0, 0.1) is 12.7 Å². The summed E-state index contributed by atoms with van der Waals surface area (Å²) >= 11 is 0. The Morgan fingerprint density at radius 1 is 1.02 bits per heavy atom. The maximum Gasteiger partial charge on any atom is 0.335 e. The normalized spacial score (nSPS) is 14.8. The van der Waals surface area contributed by atoms with Gasteiger partial charge in [0.25, 0.3) is 5.56 Å². The van der Waals surface area contributed by atoms with E-state index in [1.165, 1.54) is 6.07 Å². The minimum atomic E-state index is -1.14. The van der Waals surface area contributed by atoms with E-state index >= 15 is 0 Å². The zero-order valence-electron chi connectivity index (χ0n) is 26.7. The highest BCUT2D eigenvalue weighted by atomic mass is 19.1. The first-order valence-electron chi connectivity index (χ1n) is 15.7. The second-order valence-corrected chi connectivity index (χ2v) is 12.3. The van der Waals surface area contributed by atoms with Crippen molar-refractivity contribution < 1.29 is 19.0 Å². The van der Waals surface area contributed by atoms with E-state index in [0.29, 0.717) is 37.1 Å². The van der Waals surface area contributed by atoms with E-state index < -0.39 is 11.8 Å². The highest BCUT2D eigenvalue weighted by Crippen LogP contribution is 2.32. The second-order valence-electron chi connectivity index (χ2n) is 12.3. The molecule has 0 unspecified atom stereocenters. The largest absolute Gasteiger partial charge is 0.497 e. The van der Waals surface area contributed by atoms with Crippen molar-refractivity contribution in [3.63, 3.8) is 0 Å². The standard InChI is InChI=1S/C37H36FN5O4/c1-23-18-26(37(45)46)19-31(38)34(23)25-9-14-41(15-10-25)22-27-20-30-33(8-13-39-35(30)40(27)2)43-17-12-32-29(36(43)44)11-16-42(32)21-24-4-6-28(47-3)7-5-24/h4-9,12-13,17-20H,10-11,14-16,21-22H2,1-3H3,(H,45,46). The number of rotatable bonds is 8. The predicted molar refractivity (Wildman–Crippen MR) is 180 cm³/mol. The van der Waals surface area contributed by atoms with Gasteiger partial charge in [0, 0.05) is 80.1 Å². The molecule has 0 spiro atoms. The number of carboxylic acid groups (broad SMARTS) is 1. The molecule has 0 bridgehead atoms. The van der Waals surface area contributed by atoms with Gasteiger partial charge in [-0.2, -0.15) is 0 Å². The van der Waals surface area contributed by atoms with Crippen LogP contribution in [-0.4, -0.2) is 56.8 Å². The fraction of sp³-hybridized carbons (Fsp3) is 0.270. The number of carboxylic acids is 1. The molecular formula is C37H36FN5O4. The Kier molecular flexibility index (Phi) is 7.89. The summed E-state index contributed by atoms with van der Waals surface area (Å²) in [6.45, 7) is 5.28. The SMILES string of the molecule is COc1ccc(CN2CCc3c2ccn(-c2ccnc4c2cc(CN2CC=C(c5c(C)cc(C(=O)O)cc5F)CC2)n4C)c3=O)cc1. The quantitative estimate of drug-likeness (QED) is 0.233. The molecule has 5 heterocycles. The minimum absolute atomic E-state index is 0.00903. The molecule has 240 valence electrons. The molecular weight excluding hydrogens is 597 g/mol. The number of aryl methyl sites for hydroxylation is 2. The van der Waals surface area contributed by atoms with Crippen molar-refractivity contribution in [3.8, 4) is 11.4 Å². The van der Waals surface area contributed by atoms with Gasteiger partial charge >= 0.3 is 5.97 Å². The number of nitrogens with zero attached hydrogens (tertiary/aromatic N) is 5. The van der Waals surface area contributed by atoms with Crippen molar-refractivity contribution in [2.24, 2.45) is 7.05 Å². The van der Waals surface area contributed by atoms with Crippen molar-refractivity contribution in [3.05, 3.63) is 123 Å². The summed E-state index contributed by atoms with van der Waals surface area (Å²) in [4.78, 5) is 34.4. The van der Waals surface area contributed by atoms with E-state index in [4.69, 9.17) is 4.74 Å². The Morgan fingerprint density at radius 2 is 1.83 bits per heavy atom. The summed E-state index contributed by atoms with van der Waals surface area (Å²) in [7, 11) is 3.65. The van der Waals surface area contributed by atoms with Crippen molar-refractivity contribution in [1.29, 1.82) is 0 Å². The highest BCUT2D eigenvalue weighted by molar-refractivity contribution is 5.89. The Morgan fingerprint density at radius 3 is 2.53 bits per heavy atom. The lowest BCUT2D eigenvalue weighted by molar-refractivity contribution is 0.0696. The number of anilines is 1. The zero-order chi connectivity index (χ0) is 32.8. The Balaban J connectivity index is 1.12. The van der Waals surface area contributed by atoms with E-state index in [1.807, 2.05) is 43.6 Å². The smallest absolute Gasteiger partial charge is 0.335 e. The lowest BCUT2D eigenvalue weighted by Gasteiger charge is -2.27. The summed E-state index contributed by atoms with van der Waals surface area (Å²) in [5, 5.41) is 10.2. The van der Waals surface area contributed by atoms with Crippen LogP contribution in [0.5, 0.6) is 5.75 Å². The number of aromatic carboxylic acids is 1. The number of carbonyl (C=O) groups is 1. The zero-order valence-corrected chi connectivity index (χ0v) is 26.7. The van der Waals surface area contributed by atoms with Gasteiger partial charge in [-0.25, -0.2) is 14.2 Å². The Labute approximate surface area is 271 Å². The van der Waals surface area contributed by atoms with Gasteiger partial charge in [-0.15, -0.1) is 0 Å². The molecule has 5 aromatic rings. The van der Waals surface area contributed by atoms with Crippen LogP contribution in [0.15, 0.2) is 77.9 Å². The van der Waals surface area contributed by atoms with Crippen LogP contribution in [0.25, 0.3) is 22.3 Å². The predicted octanol–water partition coefficient (Wildman–Crippen LogP) is 5.73. The van der Waals surface area contributed by atoms with Gasteiger partial charge in [0.2, 0.25) is 0 Å². The van der Waals surface area contributed by atoms with E-state index in [0.717, 1.165) is 76.3 Å². The third-order valence-corrected chi connectivity index (χ3v) is 9.47. The summed E-state index contributed by atoms with van der Waals surface area (Å²) in [6.07, 6.45) is 6.99. The van der Waals surface area contributed by atoms with Crippen molar-refractivity contribution in [1.82, 2.24) is 19.0 Å². The first-order valence-corrected chi connectivity index (χ1v) is 15.7. The first kappa shape index (κ1) is 30.4. The fourth-order valence-corrected chi connectivity index (χ4v) is 6.98. The van der Waals surface area contributed by atoms with Gasteiger partial charge < -0.3 is 19.3 Å². The van der Waals surface area contributed by atoms with Gasteiger partial charge in [0.15, 0.2) is 0 Å². The average molecular weight is 634 g/mol. The van der Waals surface area contributed by atoms with Gasteiger partial charge in [0.1, 0.15) is 17.2 Å². The summed E-state index contributed by atoms with van der Waals surface area (Å²) < 4.78 is 24.0. The number of fused-ring (bicyclic) bond motifs is 2. The van der Waals surface area contributed by atoms with Crippen LogP contribution in [0.4, 0.5) is 10.1 Å². The summed E-state index contributed by atoms with van der Waals surface area (Å²) in [6, 6.07) is 16.7. The summed E-state index contributed by atoms with van der Waals surface area (Å²) in [5.74, 6) is -0.813. The second kappa shape index (κ2) is 12.2. The van der Waals surface area contributed by atoms with Gasteiger partial charge in [-0.05, 0) is 78.9 Å². The Bertz CT molecular complexity index is 2090. The van der Waals surface area contributed by atoms with Gasteiger partial charge in [-0.3, -0.25) is 14.3 Å². The van der Waals surface area contributed by atoms with Crippen molar-refractivity contribution in [2.75, 3.05) is 31.6 Å². The molecule has 0 saturated carbocycles. The van der Waals surface area contributed by atoms with Crippen LogP contribution in [0.3, 0.4) is 0 Å². The van der Waals surface area contributed by atoms with Crippen LogP contribution in [0.1, 0.15) is 44.7 Å². The molecule has 0 fully saturated rings. The topological polar surface area (TPSA) is 92.8 Å². The molecule has 0 atom stereocenters. The lowest BCUT2D eigenvalue weighted by Crippen LogP contribution is -2.29. The molecule has 1 N–H and O–H groups in total. The molecule has 3 aromatic heterocycles. The van der Waals surface area contributed by atoms with Crippen LogP contribution in [-0.2, 0) is 26.6 Å². The third-order valence-electron chi connectivity index (χ3n) is 9.47. The van der Waals surface area contributed by atoms with Crippen molar-refractivity contribution in [2.45, 2.75) is 32.9 Å². The number of benzene rings is 2. The molecule has 9 nitrogen and oxygen atoms in total. The molecule has 0 aliphatic carbocycles. The maximum atomic E-state index is 14.9. The highest BCUT2D eigenvalue weighted by Gasteiger charge is 2.25. The number of ether oxygens (including phenoxy) is 1. The number of hydrogen-bond acceptors (Lipinski definition) is 6. The van der Waals surface area contributed by atoms with Crippen LogP contribution < -0.4 is 15.2 Å². The van der Waals surface area contributed by atoms with Gasteiger partial charge in [-0.1, -0.05) is 18.2 Å². The van der Waals surface area contributed by atoms with E-state index in [2.05, 4.69) is 37.5 Å². The van der Waals surface area contributed by atoms with E-state index in [9.17, 15) is 19.1 Å². The van der Waals surface area contributed by atoms with Crippen LogP contribution >= 0.6 is 0 Å². The number of pyridine rings is 2. The molecule has 2 aromatic carbocycles. The van der Waals surface area contributed by atoms with E-state index in [1.54, 1.807) is 24.8 Å². The van der Waals surface area contributed by atoms with Crippen molar-refractivity contribution >= 4 is 28.3 Å². The Hall–Kier alpha value is -5.22. The molecule has 0 radical (unpaired) electrons. The molecule has 0 amide bonds. The molecule has 7 rings (SSSR count).